The van der Waals surface area contributed by atoms with E-state index < -0.39 is 69.8 Å². The number of nitrogens with zero attached hydrogens (tertiary/aromatic N) is 1. The molecule has 0 aromatic heterocycles. The summed E-state index contributed by atoms with van der Waals surface area (Å²) in [5.41, 5.74) is -2.91. The van der Waals surface area contributed by atoms with E-state index in [0.717, 1.165) is 23.3 Å². The van der Waals surface area contributed by atoms with Crippen LogP contribution in [0.15, 0.2) is 42.5 Å². The topological polar surface area (TPSA) is 66.5 Å². The summed E-state index contributed by atoms with van der Waals surface area (Å²) in [4.78, 5) is 13.6. The third kappa shape index (κ3) is 3.88. The van der Waals surface area contributed by atoms with Crippen molar-refractivity contribution < 1.29 is 35.2 Å². The summed E-state index contributed by atoms with van der Waals surface area (Å²) in [6.07, 6.45) is 0.454. The number of sulfonamides is 1. The van der Waals surface area contributed by atoms with Crippen LogP contribution in [0.25, 0.3) is 11.1 Å². The van der Waals surface area contributed by atoms with Crippen molar-refractivity contribution in [1.29, 1.82) is 0 Å². The van der Waals surface area contributed by atoms with Crippen molar-refractivity contribution in [3.05, 3.63) is 59.7 Å². The highest BCUT2D eigenvalue weighted by Crippen LogP contribution is 2.59. The summed E-state index contributed by atoms with van der Waals surface area (Å²) < 4.78 is 96.7. The fraction of sp³-hybridized carbons (Fsp3) is 0.381. The van der Waals surface area contributed by atoms with E-state index in [2.05, 4.69) is 0 Å². The van der Waals surface area contributed by atoms with Gasteiger partial charge in [-0.2, -0.15) is 0 Å². The van der Waals surface area contributed by atoms with Gasteiger partial charge >= 0.3 is 0 Å². The van der Waals surface area contributed by atoms with Crippen molar-refractivity contribution in [2.24, 2.45) is 5.92 Å². The van der Waals surface area contributed by atoms with Crippen LogP contribution in [0.1, 0.15) is 12.0 Å². The molecule has 11 heteroatoms. The van der Waals surface area contributed by atoms with E-state index in [1.807, 2.05) is 4.72 Å². The summed E-state index contributed by atoms with van der Waals surface area (Å²) in [7, 11) is -3.78. The van der Waals surface area contributed by atoms with E-state index in [9.17, 15) is 30.8 Å². The Hall–Kier alpha value is -2.53. The smallest absolute Gasteiger partial charge is 0.286 e. The first-order valence-corrected chi connectivity index (χ1v) is 11.6. The molecule has 2 aromatic carbocycles. The van der Waals surface area contributed by atoms with Crippen molar-refractivity contribution in [2.45, 2.75) is 24.1 Å². The molecule has 32 heavy (non-hydrogen) atoms. The van der Waals surface area contributed by atoms with Gasteiger partial charge in [0.05, 0.1) is 24.3 Å². The molecule has 0 spiro atoms. The molecular formula is C21H19F5N2O3S. The predicted octanol–water partition coefficient (Wildman–Crippen LogP) is 3.21. The molecule has 0 unspecified atom stereocenters. The van der Waals surface area contributed by atoms with Gasteiger partial charge in [0.25, 0.3) is 5.92 Å². The zero-order valence-corrected chi connectivity index (χ0v) is 17.6. The fourth-order valence-electron chi connectivity index (χ4n) is 4.12. The highest BCUT2D eigenvalue weighted by Gasteiger charge is 2.66. The summed E-state index contributed by atoms with van der Waals surface area (Å²) >= 11 is 0. The van der Waals surface area contributed by atoms with Crippen molar-refractivity contribution in [1.82, 2.24) is 9.62 Å². The first kappa shape index (κ1) is 22.7. The van der Waals surface area contributed by atoms with Gasteiger partial charge in [-0.15, -0.1) is 0 Å². The summed E-state index contributed by atoms with van der Waals surface area (Å²) in [6, 6.07) is 7.03. The Kier molecular flexibility index (Phi) is 5.32. The Balaban J connectivity index is 1.60. The second-order valence-corrected chi connectivity index (χ2v) is 9.96. The number of benzene rings is 2. The molecular weight excluding hydrogens is 455 g/mol. The summed E-state index contributed by atoms with van der Waals surface area (Å²) in [5.74, 6) is -7.36. The molecule has 1 aliphatic carbocycles. The molecule has 1 heterocycles. The van der Waals surface area contributed by atoms with Crippen LogP contribution in [-0.4, -0.2) is 50.5 Å². The van der Waals surface area contributed by atoms with Gasteiger partial charge in [-0.25, -0.2) is 35.1 Å². The largest absolute Gasteiger partial charge is 0.326 e. The molecule has 1 saturated heterocycles. The molecule has 3 atom stereocenters. The first-order chi connectivity index (χ1) is 14.8. The lowest BCUT2D eigenvalue weighted by molar-refractivity contribution is -0.194. The number of carbonyl (C=O) groups is 1. The predicted molar refractivity (Wildman–Crippen MR) is 106 cm³/mol. The van der Waals surface area contributed by atoms with Crippen LogP contribution >= 0.6 is 0 Å². The van der Waals surface area contributed by atoms with Crippen LogP contribution in [0, 0.1) is 17.6 Å². The minimum Gasteiger partial charge on any atom is -0.326 e. The summed E-state index contributed by atoms with van der Waals surface area (Å²) in [5, 5.41) is 0. The minimum atomic E-state index is -3.78. The Bertz CT molecular complexity index is 1170. The van der Waals surface area contributed by atoms with E-state index in [4.69, 9.17) is 0 Å². The third-order valence-corrected chi connectivity index (χ3v) is 6.56. The maximum absolute atomic E-state index is 15.8. The van der Waals surface area contributed by atoms with Gasteiger partial charge in [-0.1, -0.05) is 30.3 Å². The minimum absolute atomic E-state index is 0.0647. The van der Waals surface area contributed by atoms with E-state index >= 15 is 4.39 Å². The van der Waals surface area contributed by atoms with Crippen LogP contribution in [0.4, 0.5) is 22.0 Å². The van der Waals surface area contributed by atoms with E-state index in [-0.39, 0.29) is 17.5 Å². The maximum atomic E-state index is 15.8. The van der Waals surface area contributed by atoms with E-state index in [1.165, 1.54) is 30.3 Å². The molecule has 172 valence electrons. The van der Waals surface area contributed by atoms with Crippen LogP contribution in [0.2, 0.25) is 0 Å². The number of hydrogen-bond donors (Lipinski definition) is 1. The molecule has 4 rings (SSSR count). The average Bonchev–Trinajstić information content (AvgIpc) is 3.38. The standard InChI is InChI=1S/C21H19F5N2O3S/c1-32(30,31)27-10-17-21(25,26)11-28(17)19(29)14-9-20(14,24)13-6-3-2-5-12(13)18-15(22)7-4-8-16(18)23/h2-8,14,17,27H,9-11H2,1H3/t14-,17+,20+/m0/s1. The van der Waals surface area contributed by atoms with Crippen LogP contribution in [0.3, 0.4) is 0 Å². The number of rotatable bonds is 6. The number of carbonyl (C=O) groups excluding carboxylic acids is 1. The van der Waals surface area contributed by atoms with Gasteiger partial charge < -0.3 is 4.90 Å². The Morgan fingerprint density at radius 1 is 1.09 bits per heavy atom. The van der Waals surface area contributed by atoms with Gasteiger partial charge in [-0.05, 0) is 23.3 Å². The number of likely N-dealkylation sites (tertiary alicyclic amines) is 1. The molecule has 0 bridgehead atoms. The lowest BCUT2D eigenvalue weighted by Crippen LogP contribution is -2.70. The Labute approximate surface area is 181 Å². The van der Waals surface area contributed by atoms with Crippen LogP contribution in [0.5, 0.6) is 0 Å². The SMILES string of the molecule is CS(=O)(=O)NC[C@H]1N(C(=O)[C@@H]2C[C@@]2(F)c2ccccc2-c2c(F)cccc2F)CC1(F)F. The van der Waals surface area contributed by atoms with Crippen LogP contribution in [-0.2, 0) is 20.5 Å². The molecule has 5 nitrogen and oxygen atoms in total. The van der Waals surface area contributed by atoms with Gasteiger partial charge in [0.2, 0.25) is 15.9 Å². The zero-order chi connectivity index (χ0) is 23.5. The molecule has 1 aliphatic heterocycles. The molecule has 1 amide bonds. The van der Waals surface area contributed by atoms with Gasteiger partial charge in [0.1, 0.15) is 23.3 Å². The molecule has 1 N–H and O–H groups in total. The quantitative estimate of drug-likeness (QED) is 0.654. The number of halogens is 5. The van der Waals surface area contributed by atoms with Crippen molar-refractivity contribution >= 4 is 15.9 Å². The Morgan fingerprint density at radius 3 is 2.31 bits per heavy atom. The number of hydrogen-bond acceptors (Lipinski definition) is 3. The van der Waals surface area contributed by atoms with Gasteiger partial charge in [0.15, 0.2) is 0 Å². The van der Waals surface area contributed by atoms with Crippen molar-refractivity contribution in [3.8, 4) is 11.1 Å². The fourth-order valence-corrected chi connectivity index (χ4v) is 4.58. The monoisotopic (exact) mass is 474 g/mol. The van der Waals surface area contributed by atoms with Crippen molar-refractivity contribution in [2.75, 3.05) is 19.3 Å². The highest BCUT2D eigenvalue weighted by atomic mass is 32.2. The Morgan fingerprint density at radius 2 is 1.72 bits per heavy atom. The molecule has 2 aromatic rings. The molecule has 2 fully saturated rings. The van der Waals surface area contributed by atoms with Gasteiger partial charge in [-0.3, -0.25) is 4.79 Å². The normalized spacial score (nSPS) is 26.5. The highest BCUT2D eigenvalue weighted by molar-refractivity contribution is 7.88. The van der Waals surface area contributed by atoms with Crippen LogP contribution < -0.4 is 4.72 Å². The van der Waals surface area contributed by atoms with E-state index in [1.54, 1.807) is 0 Å². The maximum Gasteiger partial charge on any atom is 0.286 e. The second-order valence-electron chi connectivity index (χ2n) is 8.13. The van der Waals surface area contributed by atoms with E-state index in [0.29, 0.717) is 0 Å². The third-order valence-electron chi connectivity index (χ3n) is 5.87. The lowest BCUT2D eigenvalue weighted by Gasteiger charge is -2.47. The van der Waals surface area contributed by atoms with Crippen molar-refractivity contribution in [3.63, 3.8) is 0 Å². The molecule has 2 aliphatic rings. The number of alkyl halides is 3. The van der Waals surface area contributed by atoms with Gasteiger partial charge in [0, 0.05) is 13.0 Å². The molecule has 1 saturated carbocycles. The molecule has 0 radical (unpaired) electrons. The average molecular weight is 474 g/mol. The number of nitrogens with one attached hydrogen (secondary N) is 1. The lowest BCUT2D eigenvalue weighted by atomic mass is 9.92. The zero-order valence-electron chi connectivity index (χ0n) is 16.8. The number of amides is 1. The second kappa shape index (κ2) is 7.51. The summed E-state index contributed by atoms with van der Waals surface area (Å²) in [6.45, 7) is -1.67. The first-order valence-electron chi connectivity index (χ1n) is 9.71.